The summed E-state index contributed by atoms with van der Waals surface area (Å²) < 4.78 is 5.32. The number of aliphatic hydroxyl groups is 1. The Morgan fingerprint density at radius 1 is 1.37 bits per heavy atom. The summed E-state index contributed by atoms with van der Waals surface area (Å²) in [5, 5.41) is 9.33. The van der Waals surface area contributed by atoms with Crippen molar-refractivity contribution in [3.05, 3.63) is 35.9 Å². The molecule has 19 heavy (non-hydrogen) atoms. The van der Waals surface area contributed by atoms with Crippen LogP contribution in [0.2, 0.25) is 0 Å². The van der Waals surface area contributed by atoms with Crippen LogP contribution in [0.3, 0.4) is 0 Å². The molecule has 4 heteroatoms. The Morgan fingerprint density at radius 2 is 2.11 bits per heavy atom. The Bertz CT molecular complexity index is 407. The summed E-state index contributed by atoms with van der Waals surface area (Å²) >= 11 is 0. The normalized spacial score (nSPS) is 23.2. The summed E-state index contributed by atoms with van der Waals surface area (Å²) in [5.74, 6) is 0.465. The van der Waals surface area contributed by atoms with Crippen LogP contribution in [0.1, 0.15) is 25.3 Å². The lowest BCUT2D eigenvalue weighted by Crippen LogP contribution is -2.48. The highest BCUT2D eigenvalue weighted by Gasteiger charge is 2.30. The van der Waals surface area contributed by atoms with Crippen LogP contribution >= 0.6 is 0 Å². The predicted molar refractivity (Wildman–Crippen MR) is 72.6 cm³/mol. The molecule has 1 fully saturated rings. The molecular weight excluding hydrogens is 242 g/mol. The van der Waals surface area contributed by atoms with Crippen LogP contribution in [0.25, 0.3) is 0 Å². The van der Waals surface area contributed by atoms with Gasteiger partial charge in [-0.3, -0.25) is 0 Å². The van der Waals surface area contributed by atoms with Crippen LogP contribution in [0, 0.1) is 5.92 Å². The number of rotatable bonds is 3. The zero-order valence-electron chi connectivity index (χ0n) is 11.3. The highest BCUT2D eigenvalue weighted by atomic mass is 16.6. The van der Waals surface area contributed by atoms with Crippen molar-refractivity contribution in [1.29, 1.82) is 0 Å². The van der Waals surface area contributed by atoms with E-state index in [2.05, 4.69) is 6.92 Å². The van der Waals surface area contributed by atoms with E-state index in [1.54, 1.807) is 4.90 Å². The molecule has 1 aromatic carbocycles. The Labute approximate surface area is 114 Å². The molecule has 1 N–H and O–H groups in total. The Hall–Kier alpha value is -1.55. The summed E-state index contributed by atoms with van der Waals surface area (Å²) in [7, 11) is 0. The Kier molecular flexibility index (Phi) is 4.80. The van der Waals surface area contributed by atoms with E-state index in [4.69, 9.17) is 4.74 Å². The van der Waals surface area contributed by atoms with Crippen molar-refractivity contribution in [2.24, 2.45) is 5.92 Å². The summed E-state index contributed by atoms with van der Waals surface area (Å²) in [6.07, 6.45) is 1.57. The van der Waals surface area contributed by atoms with Crippen molar-refractivity contribution in [3.63, 3.8) is 0 Å². The third-order valence-electron chi connectivity index (χ3n) is 3.59. The lowest BCUT2D eigenvalue weighted by Gasteiger charge is -2.36. The van der Waals surface area contributed by atoms with Gasteiger partial charge in [-0.05, 0) is 24.3 Å². The van der Waals surface area contributed by atoms with E-state index in [9.17, 15) is 9.90 Å². The first-order valence-electron chi connectivity index (χ1n) is 6.79. The van der Waals surface area contributed by atoms with Gasteiger partial charge in [-0.2, -0.15) is 0 Å². The molecule has 1 aliphatic heterocycles. The fraction of sp³-hybridized carbons (Fsp3) is 0.533. The van der Waals surface area contributed by atoms with Gasteiger partial charge < -0.3 is 14.7 Å². The number of amides is 1. The number of carbonyl (C=O) groups excluding carboxylic acids is 1. The molecular formula is C15H21NO3. The molecule has 104 valence electrons. The fourth-order valence-electron chi connectivity index (χ4n) is 2.42. The van der Waals surface area contributed by atoms with Crippen LogP contribution in [-0.2, 0) is 11.3 Å². The monoisotopic (exact) mass is 263 g/mol. The highest BCUT2D eigenvalue weighted by molar-refractivity contribution is 5.68. The van der Waals surface area contributed by atoms with E-state index in [1.807, 2.05) is 30.3 Å². The summed E-state index contributed by atoms with van der Waals surface area (Å²) in [4.78, 5) is 13.7. The zero-order chi connectivity index (χ0) is 13.7. The number of ether oxygens (including phenoxy) is 1. The minimum absolute atomic E-state index is 0.00710. The molecule has 0 spiro atoms. The molecule has 0 aromatic heterocycles. The molecule has 0 bridgehead atoms. The average molecular weight is 263 g/mol. The zero-order valence-corrected chi connectivity index (χ0v) is 11.3. The van der Waals surface area contributed by atoms with Crippen molar-refractivity contribution in [2.45, 2.75) is 32.4 Å². The van der Waals surface area contributed by atoms with Crippen LogP contribution in [-0.4, -0.2) is 35.3 Å². The van der Waals surface area contributed by atoms with Crippen molar-refractivity contribution in [1.82, 2.24) is 4.90 Å². The van der Waals surface area contributed by atoms with Crippen LogP contribution in [0.4, 0.5) is 4.79 Å². The van der Waals surface area contributed by atoms with Crippen molar-refractivity contribution >= 4 is 6.09 Å². The average Bonchev–Trinajstić information content (AvgIpc) is 2.46. The van der Waals surface area contributed by atoms with E-state index in [-0.39, 0.29) is 25.3 Å². The van der Waals surface area contributed by atoms with Gasteiger partial charge in [0.05, 0.1) is 12.6 Å². The topological polar surface area (TPSA) is 49.8 Å². The number of benzene rings is 1. The minimum Gasteiger partial charge on any atom is -0.445 e. The second-order valence-electron chi connectivity index (χ2n) is 5.21. The Balaban J connectivity index is 1.90. The summed E-state index contributed by atoms with van der Waals surface area (Å²) in [5.41, 5.74) is 0.974. The predicted octanol–water partition coefficient (Wildman–Crippen LogP) is 2.42. The van der Waals surface area contributed by atoms with E-state index in [0.717, 1.165) is 18.4 Å². The highest BCUT2D eigenvalue weighted by Crippen LogP contribution is 2.22. The van der Waals surface area contributed by atoms with Gasteiger partial charge in [0.25, 0.3) is 0 Å². The first kappa shape index (κ1) is 13.9. The molecule has 2 atom stereocenters. The van der Waals surface area contributed by atoms with Gasteiger partial charge in [-0.1, -0.05) is 37.3 Å². The van der Waals surface area contributed by atoms with Crippen LogP contribution in [0.5, 0.6) is 0 Å². The van der Waals surface area contributed by atoms with Gasteiger partial charge in [0.1, 0.15) is 6.61 Å². The van der Waals surface area contributed by atoms with E-state index in [0.29, 0.717) is 12.5 Å². The molecule has 1 aliphatic rings. The smallest absolute Gasteiger partial charge is 0.410 e. The van der Waals surface area contributed by atoms with Crippen molar-refractivity contribution in [2.75, 3.05) is 13.2 Å². The molecule has 1 saturated heterocycles. The Morgan fingerprint density at radius 3 is 2.79 bits per heavy atom. The molecule has 0 saturated carbocycles. The maximum Gasteiger partial charge on any atom is 0.410 e. The summed E-state index contributed by atoms with van der Waals surface area (Å²) in [6, 6.07) is 9.52. The maximum absolute atomic E-state index is 12.1. The number of likely N-dealkylation sites (tertiary alicyclic amines) is 1. The summed E-state index contributed by atoms with van der Waals surface area (Å²) in [6.45, 7) is 3.07. The van der Waals surface area contributed by atoms with E-state index in [1.165, 1.54) is 0 Å². The lowest BCUT2D eigenvalue weighted by atomic mass is 9.95. The van der Waals surface area contributed by atoms with Gasteiger partial charge in [-0.25, -0.2) is 4.79 Å². The minimum atomic E-state index is -0.325. The fourth-order valence-corrected chi connectivity index (χ4v) is 2.42. The van der Waals surface area contributed by atoms with E-state index < -0.39 is 0 Å². The third-order valence-corrected chi connectivity index (χ3v) is 3.59. The second-order valence-corrected chi connectivity index (χ2v) is 5.21. The molecule has 4 nitrogen and oxygen atoms in total. The van der Waals surface area contributed by atoms with E-state index >= 15 is 0 Å². The third kappa shape index (κ3) is 3.70. The van der Waals surface area contributed by atoms with Gasteiger partial charge in [0.2, 0.25) is 0 Å². The molecule has 2 rings (SSSR count). The molecule has 0 radical (unpaired) electrons. The van der Waals surface area contributed by atoms with Gasteiger partial charge >= 0.3 is 6.09 Å². The van der Waals surface area contributed by atoms with Crippen molar-refractivity contribution < 1.29 is 14.6 Å². The van der Waals surface area contributed by atoms with Crippen LogP contribution < -0.4 is 0 Å². The standard InChI is InChI=1S/C15H21NO3/c1-12-7-8-14(10-17)16(9-12)15(18)19-11-13-5-3-2-4-6-13/h2-6,12,14,17H,7-11H2,1H3/t12-,14+/m0/s1. The number of piperidine rings is 1. The number of carbonyl (C=O) groups is 1. The van der Waals surface area contributed by atoms with Crippen molar-refractivity contribution in [3.8, 4) is 0 Å². The number of hydrogen-bond donors (Lipinski definition) is 1. The first-order chi connectivity index (χ1) is 9.20. The van der Waals surface area contributed by atoms with Crippen LogP contribution in [0.15, 0.2) is 30.3 Å². The van der Waals surface area contributed by atoms with Gasteiger partial charge in [0.15, 0.2) is 0 Å². The van der Waals surface area contributed by atoms with Gasteiger partial charge in [0, 0.05) is 6.54 Å². The lowest BCUT2D eigenvalue weighted by molar-refractivity contribution is 0.0381. The second kappa shape index (κ2) is 6.57. The molecule has 1 amide bonds. The quantitative estimate of drug-likeness (QED) is 0.911. The molecule has 0 unspecified atom stereocenters. The SMILES string of the molecule is C[C@H]1CC[C@H](CO)N(C(=O)OCc2ccccc2)C1. The maximum atomic E-state index is 12.1. The molecule has 1 aromatic rings. The number of aliphatic hydroxyl groups excluding tert-OH is 1. The number of hydrogen-bond acceptors (Lipinski definition) is 3. The largest absolute Gasteiger partial charge is 0.445 e. The molecule has 1 heterocycles. The molecule has 0 aliphatic carbocycles. The van der Waals surface area contributed by atoms with Gasteiger partial charge in [-0.15, -0.1) is 0 Å². The number of nitrogens with zero attached hydrogens (tertiary/aromatic N) is 1. The first-order valence-corrected chi connectivity index (χ1v) is 6.79.